The fourth-order valence-corrected chi connectivity index (χ4v) is 6.50. The maximum Gasteiger partial charge on any atom is 0.264 e. The van der Waals surface area contributed by atoms with E-state index in [-0.39, 0.29) is 17.3 Å². The van der Waals surface area contributed by atoms with Gasteiger partial charge < -0.3 is 9.64 Å². The minimum atomic E-state index is -3.95. The number of anilines is 1. The Kier molecular flexibility index (Phi) is 6.36. The summed E-state index contributed by atoms with van der Waals surface area (Å²) in [6.07, 6.45) is 4.16. The van der Waals surface area contributed by atoms with E-state index >= 15 is 0 Å². The van der Waals surface area contributed by atoms with Gasteiger partial charge >= 0.3 is 0 Å². The third kappa shape index (κ3) is 4.18. The first-order valence-electron chi connectivity index (χ1n) is 11.7. The highest BCUT2D eigenvalue weighted by Gasteiger charge is 2.41. The number of methoxy groups -OCH3 is 1. The van der Waals surface area contributed by atoms with E-state index in [1.165, 1.54) is 4.31 Å². The average molecular weight is 502 g/mol. The number of likely N-dealkylation sites (N-methyl/N-ethyl adjacent to an activating group) is 1. The number of para-hydroxylation sites is 1. The Bertz CT molecular complexity index is 1520. The Hall–Kier alpha value is -3.91. The van der Waals surface area contributed by atoms with Crippen molar-refractivity contribution >= 4 is 32.4 Å². The first-order valence-corrected chi connectivity index (χ1v) is 13.2. The molecule has 0 radical (unpaired) electrons. The second kappa shape index (κ2) is 9.62. The fraction of sp³-hybridized carbons (Fsp3) is 0.214. The number of sulfonamides is 1. The molecule has 5 rings (SSSR count). The topological polar surface area (TPSA) is 79.8 Å². The molecular formula is C28H27N3O4S. The summed E-state index contributed by atoms with van der Waals surface area (Å²) < 4.78 is 34.8. The second-order valence-corrected chi connectivity index (χ2v) is 10.7. The van der Waals surface area contributed by atoms with Crippen molar-refractivity contribution < 1.29 is 17.9 Å². The summed E-state index contributed by atoms with van der Waals surface area (Å²) in [7, 11) is -0.623. The molecule has 0 N–H and O–H groups in total. The number of pyridine rings is 1. The van der Waals surface area contributed by atoms with Crippen LogP contribution in [-0.2, 0) is 21.2 Å². The molecule has 2 heterocycles. The number of hydrogen-bond acceptors (Lipinski definition) is 5. The zero-order chi connectivity index (χ0) is 25.3. The maximum absolute atomic E-state index is 14.0. The lowest BCUT2D eigenvalue weighted by molar-refractivity contribution is -0.131. The lowest BCUT2D eigenvalue weighted by atomic mass is 10.00. The van der Waals surface area contributed by atoms with Crippen LogP contribution >= 0.6 is 0 Å². The van der Waals surface area contributed by atoms with Crippen LogP contribution in [0.4, 0.5) is 5.69 Å². The van der Waals surface area contributed by atoms with E-state index in [9.17, 15) is 13.2 Å². The predicted octanol–water partition coefficient (Wildman–Crippen LogP) is 4.24. The molecule has 36 heavy (non-hydrogen) atoms. The summed E-state index contributed by atoms with van der Waals surface area (Å²) in [6.45, 7) is 0.581. The Labute approximate surface area is 211 Å². The third-order valence-electron chi connectivity index (χ3n) is 6.72. The molecule has 184 valence electrons. The molecule has 8 heteroatoms. The number of carbonyl (C=O) groups excluding carboxylic acids is 1. The predicted molar refractivity (Wildman–Crippen MR) is 140 cm³/mol. The molecule has 4 aromatic rings. The Balaban J connectivity index is 1.47. The zero-order valence-corrected chi connectivity index (χ0v) is 21.0. The van der Waals surface area contributed by atoms with E-state index in [4.69, 9.17) is 4.74 Å². The van der Waals surface area contributed by atoms with Crippen molar-refractivity contribution in [2.45, 2.75) is 17.2 Å². The molecule has 0 spiro atoms. The molecule has 1 atom stereocenters. The van der Waals surface area contributed by atoms with Gasteiger partial charge in [0.05, 0.1) is 30.2 Å². The largest absolute Gasteiger partial charge is 0.496 e. The summed E-state index contributed by atoms with van der Waals surface area (Å²) in [5.74, 6) is -0.0769. The van der Waals surface area contributed by atoms with E-state index in [2.05, 4.69) is 4.98 Å². The van der Waals surface area contributed by atoms with Crippen LogP contribution in [0.1, 0.15) is 17.0 Å². The van der Waals surface area contributed by atoms with Crippen LogP contribution in [0, 0.1) is 0 Å². The molecule has 0 aliphatic carbocycles. The first kappa shape index (κ1) is 23.8. The van der Waals surface area contributed by atoms with E-state index in [1.807, 2.05) is 42.5 Å². The molecule has 3 aromatic carbocycles. The lowest BCUT2D eigenvalue weighted by Gasteiger charge is -2.23. The number of rotatable bonds is 7. The van der Waals surface area contributed by atoms with Gasteiger partial charge in [-0.15, -0.1) is 0 Å². The summed E-state index contributed by atoms with van der Waals surface area (Å²) >= 11 is 0. The number of carbonyl (C=O) groups is 1. The molecule has 1 aromatic heterocycles. The van der Waals surface area contributed by atoms with Crippen molar-refractivity contribution in [1.29, 1.82) is 0 Å². The number of fused-ring (bicyclic) bond motifs is 2. The quantitative estimate of drug-likeness (QED) is 0.379. The molecule has 0 saturated carbocycles. The van der Waals surface area contributed by atoms with Crippen LogP contribution in [0.25, 0.3) is 10.8 Å². The van der Waals surface area contributed by atoms with Gasteiger partial charge in [0.2, 0.25) is 5.91 Å². The van der Waals surface area contributed by atoms with Gasteiger partial charge in [-0.3, -0.25) is 14.1 Å². The molecule has 7 nitrogen and oxygen atoms in total. The fourth-order valence-electron chi connectivity index (χ4n) is 4.80. The Morgan fingerprint density at radius 2 is 1.69 bits per heavy atom. The maximum atomic E-state index is 14.0. The van der Waals surface area contributed by atoms with E-state index in [0.29, 0.717) is 29.8 Å². The minimum Gasteiger partial charge on any atom is -0.496 e. The number of amides is 1. The lowest BCUT2D eigenvalue weighted by Crippen LogP contribution is -2.37. The van der Waals surface area contributed by atoms with Gasteiger partial charge in [-0.25, -0.2) is 8.42 Å². The van der Waals surface area contributed by atoms with Crippen LogP contribution in [0.3, 0.4) is 0 Å². The van der Waals surface area contributed by atoms with Crippen molar-refractivity contribution in [2.75, 3.05) is 31.6 Å². The Morgan fingerprint density at radius 3 is 2.44 bits per heavy atom. The number of nitrogens with zero attached hydrogens (tertiary/aromatic N) is 3. The minimum absolute atomic E-state index is 0.0560. The summed E-state index contributed by atoms with van der Waals surface area (Å²) in [5, 5.41) is 1.30. The van der Waals surface area contributed by atoms with Gasteiger partial charge in [0.25, 0.3) is 10.0 Å². The van der Waals surface area contributed by atoms with Crippen LogP contribution < -0.4 is 9.04 Å². The SMILES string of the molecule is COc1ccc(S(=O)(=O)N2CC(C(=O)N(C)CCc3ccncc3)c3ccccc32)c2ccccc12. The molecule has 0 fully saturated rings. The van der Waals surface area contributed by atoms with Crippen LogP contribution in [-0.4, -0.2) is 51.5 Å². The smallest absolute Gasteiger partial charge is 0.264 e. The van der Waals surface area contributed by atoms with Crippen molar-refractivity contribution in [3.05, 3.63) is 96.3 Å². The van der Waals surface area contributed by atoms with Gasteiger partial charge in [-0.05, 0) is 47.9 Å². The van der Waals surface area contributed by atoms with E-state index in [0.717, 1.165) is 16.5 Å². The van der Waals surface area contributed by atoms with Gasteiger partial charge in [-0.2, -0.15) is 0 Å². The van der Waals surface area contributed by atoms with Gasteiger partial charge in [0, 0.05) is 36.8 Å². The second-order valence-electron chi connectivity index (χ2n) is 8.82. The van der Waals surface area contributed by atoms with Crippen molar-refractivity contribution in [2.24, 2.45) is 0 Å². The number of aromatic nitrogens is 1. The monoisotopic (exact) mass is 501 g/mol. The van der Waals surface area contributed by atoms with Gasteiger partial charge in [-0.1, -0.05) is 42.5 Å². The molecule has 1 aliphatic heterocycles. The van der Waals surface area contributed by atoms with Gasteiger partial charge in [0.15, 0.2) is 0 Å². The first-order chi connectivity index (χ1) is 17.4. The standard InChI is InChI=1S/C28H27N3O4S/c1-30(18-15-20-13-16-29-17-14-20)28(32)24-19-31(25-10-6-5-7-21(24)25)36(33,34)27-12-11-26(35-2)22-8-3-4-9-23(22)27/h3-14,16-17,24H,15,18-19H2,1-2H3. The van der Waals surface area contributed by atoms with Gasteiger partial charge in [0.1, 0.15) is 5.75 Å². The normalized spacial score (nSPS) is 15.1. The van der Waals surface area contributed by atoms with Crippen molar-refractivity contribution in [3.8, 4) is 5.75 Å². The van der Waals surface area contributed by atoms with Crippen LogP contribution in [0.2, 0.25) is 0 Å². The number of hydrogen-bond donors (Lipinski definition) is 0. The third-order valence-corrected chi connectivity index (χ3v) is 8.56. The van der Waals surface area contributed by atoms with Crippen LogP contribution in [0.5, 0.6) is 5.75 Å². The highest BCUT2D eigenvalue weighted by atomic mass is 32.2. The average Bonchev–Trinajstić information content (AvgIpc) is 3.32. The molecule has 1 amide bonds. The summed E-state index contributed by atoms with van der Waals surface area (Å²) in [5.41, 5.74) is 2.35. The summed E-state index contributed by atoms with van der Waals surface area (Å²) in [6, 6.07) is 21.6. The summed E-state index contributed by atoms with van der Waals surface area (Å²) in [4.78, 5) is 19.4. The highest BCUT2D eigenvalue weighted by molar-refractivity contribution is 7.93. The number of ether oxygens (including phenoxy) is 1. The molecule has 1 aliphatic rings. The van der Waals surface area contributed by atoms with Crippen LogP contribution in [0.15, 0.2) is 90.1 Å². The zero-order valence-electron chi connectivity index (χ0n) is 20.2. The molecule has 0 bridgehead atoms. The number of benzene rings is 3. The Morgan fingerprint density at radius 1 is 1.00 bits per heavy atom. The van der Waals surface area contributed by atoms with Crippen molar-refractivity contribution in [3.63, 3.8) is 0 Å². The van der Waals surface area contributed by atoms with E-state index < -0.39 is 15.9 Å². The highest BCUT2D eigenvalue weighted by Crippen LogP contribution is 2.42. The molecular weight excluding hydrogens is 474 g/mol. The molecule has 1 unspecified atom stereocenters. The van der Waals surface area contributed by atoms with Crippen molar-refractivity contribution in [1.82, 2.24) is 9.88 Å². The van der Waals surface area contributed by atoms with E-state index in [1.54, 1.807) is 61.8 Å². The molecule has 0 saturated heterocycles.